The van der Waals surface area contributed by atoms with E-state index in [0.29, 0.717) is 11.3 Å². The van der Waals surface area contributed by atoms with Gasteiger partial charge in [0, 0.05) is 42.5 Å². The van der Waals surface area contributed by atoms with E-state index >= 15 is 0 Å². The van der Waals surface area contributed by atoms with E-state index in [4.69, 9.17) is 9.47 Å². The number of methoxy groups -OCH3 is 1. The molecule has 1 atom stereocenters. The van der Waals surface area contributed by atoms with Crippen LogP contribution in [-0.2, 0) is 16.8 Å². The Kier molecular flexibility index (Phi) is 12.9. The van der Waals surface area contributed by atoms with Crippen molar-refractivity contribution >= 4 is 23.4 Å². The molecule has 8 nitrogen and oxygen atoms in total. The number of esters is 1. The number of fused-ring (bicyclic) bond motifs is 1. The van der Waals surface area contributed by atoms with Gasteiger partial charge in [0.2, 0.25) is 0 Å². The molecule has 0 amide bonds. The molecule has 3 aromatic rings. The number of anilines is 2. The summed E-state index contributed by atoms with van der Waals surface area (Å²) in [6.07, 6.45) is 8.20. The van der Waals surface area contributed by atoms with Gasteiger partial charge in [-0.3, -0.25) is 0 Å². The molecule has 1 N–H and O–H groups in total. The molecule has 0 fully saturated rings. The first-order valence-corrected chi connectivity index (χ1v) is 16.8. The molecule has 8 heteroatoms. The Morgan fingerprint density at radius 3 is 2.04 bits per heavy atom. The summed E-state index contributed by atoms with van der Waals surface area (Å²) < 4.78 is 12.5. The molecule has 1 aliphatic rings. The molecule has 0 spiro atoms. The minimum atomic E-state index is -0.902. The minimum Gasteiger partial charge on any atom is -0.473 e. The number of benzene rings is 3. The third-order valence-corrected chi connectivity index (χ3v) is 8.76. The number of nitrogens with zero attached hydrogens (tertiary/aromatic N) is 4. The van der Waals surface area contributed by atoms with Crippen molar-refractivity contribution in [2.75, 3.05) is 99.4 Å². The fourth-order valence-electron chi connectivity index (χ4n) is 6.36. The molecule has 1 heterocycles. The van der Waals surface area contributed by atoms with Crippen molar-refractivity contribution in [3.8, 4) is 5.75 Å². The summed E-state index contributed by atoms with van der Waals surface area (Å²) >= 11 is 0. The Balaban J connectivity index is 1.80. The SMILES string of the molecule is CNc1cc(CCCN(C)C)ccc1C1(c2ccccc2)C=Cc2c(ccc(N(CCCN(C)C)CCCN(C)C)c2C(=O)OC)O1. The van der Waals surface area contributed by atoms with Crippen LogP contribution in [0.25, 0.3) is 6.08 Å². The van der Waals surface area contributed by atoms with Gasteiger partial charge in [0.05, 0.1) is 18.4 Å². The largest absolute Gasteiger partial charge is 0.473 e. The Morgan fingerprint density at radius 1 is 0.809 bits per heavy atom. The number of carbonyl (C=O) groups excluding carboxylic acids is 1. The maximum atomic E-state index is 13.6. The predicted molar refractivity (Wildman–Crippen MR) is 196 cm³/mol. The standard InChI is InChI=1S/C39H55N5O3/c1-40-34-29-30(15-12-24-41(2)3)18-19-33(34)39(31-16-10-9-11-17-31)23-22-32-36(47-39)21-20-35(37(32)38(45)46-8)44(27-13-25-42(4)5)28-14-26-43(6)7/h9-11,16-23,29,40H,12-15,24-28H2,1-8H3. The summed E-state index contributed by atoms with van der Waals surface area (Å²) in [4.78, 5) is 22.5. The number of ether oxygens (including phenoxy) is 2. The molecule has 0 radical (unpaired) electrons. The van der Waals surface area contributed by atoms with E-state index in [1.165, 1.54) is 12.7 Å². The highest BCUT2D eigenvalue weighted by molar-refractivity contribution is 6.01. The Hall–Kier alpha value is -3.85. The van der Waals surface area contributed by atoms with Crippen molar-refractivity contribution in [2.24, 2.45) is 0 Å². The van der Waals surface area contributed by atoms with Gasteiger partial charge in [-0.1, -0.05) is 42.5 Å². The molecule has 47 heavy (non-hydrogen) atoms. The van der Waals surface area contributed by atoms with Crippen LogP contribution in [0.4, 0.5) is 11.4 Å². The Bertz CT molecular complexity index is 1470. The highest BCUT2D eigenvalue weighted by Gasteiger charge is 2.40. The lowest BCUT2D eigenvalue weighted by molar-refractivity contribution is 0.0599. The van der Waals surface area contributed by atoms with Crippen LogP contribution in [-0.4, -0.2) is 110 Å². The normalized spacial score (nSPS) is 15.6. The van der Waals surface area contributed by atoms with E-state index in [2.05, 4.69) is 110 Å². The summed E-state index contributed by atoms with van der Waals surface area (Å²) in [5, 5.41) is 3.46. The number of aryl methyl sites for hydroxylation is 1. The second kappa shape index (κ2) is 16.8. The number of hydrogen-bond donors (Lipinski definition) is 1. The average molecular weight is 642 g/mol. The van der Waals surface area contributed by atoms with Gasteiger partial charge < -0.3 is 34.4 Å². The van der Waals surface area contributed by atoms with E-state index < -0.39 is 5.60 Å². The summed E-state index contributed by atoms with van der Waals surface area (Å²) in [6.45, 7) is 4.64. The molecule has 0 aromatic heterocycles. The summed E-state index contributed by atoms with van der Waals surface area (Å²) in [6, 6.07) is 21.0. The first kappa shape index (κ1) is 36.0. The highest BCUT2D eigenvalue weighted by atomic mass is 16.5. The first-order valence-electron chi connectivity index (χ1n) is 16.8. The summed E-state index contributed by atoms with van der Waals surface area (Å²) in [7, 11) is 16.0. The zero-order valence-corrected chi connectivity index (χ0v) is 29.8. The fourth-order valence-corrected chi connectivity index (χ4v) is 6.36. The monoisotopic (exact) mass is 641 g/mol. The molecule has 0 bridgehead atoms. The van der Waals surface area contributed by atoms with E-state index in [1.54, 1.807) is 0 Å². The van der Waals surface area contributed by atoms with Crippen LogP contribution in [0.5, 0.6) is 5.75 Å². The fraction of sp³-hybridized carbons (Fsp3) is 0.462. The molecule has 1 unspecified atom stereocenters. The van der Waals surface area contributed by atoms with Gasteiger partial charge in [0.25, 0.3) is 0 Å². The van der Waals surface area contributed by atoms with Crippen LogP contribution < -0.4 is 15.0 Å². The van der Waals surface area contributed by atoms with Crippen LogP contribution in [0.15, 0.2) is 66.7 Å². The smallest absolute Gasteiger partial charge is 0.340 e. The lowest BCUT2D eigenvalue weighted by Gasteiger charge is -2.38. The number of hydrogen-bond acceptors (Lipinski definition) is 8. The third-order valence-electron chi connectivity index (χ3n) is 8.76. The van der Waals surface area contributed by atoms with Gasteiger partial charge in [0.1, 0.15) is 5.75 Å². The first-order chi connectivity index (χ1) is 22.6. The summed E-state index contributed by atoms with van der Waals surface area (Å²) in [5.74, 6) is 0.291. The van der Waals surface area contributed by atoms with Crippen LogP contribution in [0.1, 0.15) is 51.9 Å². The number of rotatable bonds is 17. The third kappa shape index (κ3) is 8.95. The van der Waals surface area contributed by atoms with Crippen LogP contribution >= 0.6 is 0 Å². The van der Waals surface area contributed by atoms with Crippen molar-refractivity contribution in [1.29, 1.82) is 0 Å². The molecular weight excluding hydrogens is 586 g/mol. The van der Waals surface area contributed by atoms with Crippen molar-refractivity contribution in [3.63, 3.8) is 0 Å². The van der Waals surface area contributed by atoms with Crippen molar-refractivity contribution < 1.29 is 14.3 Å². The van der Waals surface area contributed by atoms with Gasteiger partial charge >= 0.3 is 5.97 Å². The topological polar surface area (TPSA) is 60.5 Å². The lowest BCUT2D eigenvalue weighted by Crippen LogP contribution is -2.36. The van der Waals surface area contributed by atoms with Gasteiger partial charge in [-0.2, -0.15) is 0 Å². The predicted octanol–water partition coefficient (Wildman–Crippen LogP) is 6.07. The maximum absolute atomic E-state index is 13.6. The second-order valence-corrected chi connectivity index (χ2v) is 13.2. The minimum absolute atomic E-state index is 0.361. The van der Waals surface area contributed by atoms with E-state index in [0.717, 1.165) is 86.5 Å². The van der Waals surface area contributed by atoms with Crippen molar-refractivity contribution in [3.05, 3.63) is 94.6 Å². The van der Waals surface area contributed by atoms with Gasteiger partial charge in [-0.15, -0.1) is 0 Å². The molecule has 1 aliphatic heterocycles. The number of carbonyl (C=O) groups is 1. The van der Waals surface area contributed by atoms with Crippen LogP contribution in [0, 0.1) is 0 Å². The van der Waals surface area contributed by atoms with Gasteiger partial charge in [-0.05, 0) is 124 Å². The van der Waals surface area contributed by atoms with Crippen molar-refractivity contribution in [2.45, 2.75) is 31.3 Å². The molecule has 0 aliphatic carbocycles. The summed E-state index contributed by atoms with van der Waals surface area (Å²) in [5.41, 5.74) is 5.60. The molecule has 0 saturated heterocycles. The highest BCUT2D eigenvalue weighted by Crippen LogP contribution is 2.47. The van der Waals surface area contributed by atoms with Crippen LogP contribution in [0.2, 0.25) is 0 Å². The quantitative estimate of drug-likeness (QED) is 0.178. The van der Waals surface area contributed by atoms with Gasteiger partial charge in [-0.25, -0.2) is 4.79 Å². The van der Waals surface area contributed by atoms with E-state index in [-0.39, 0.29) is 5.97 Å². The molecule has 4 rings (SSSR count). The molecule has 0 saturated carbocycles. The zero-order chi connectivity index (χ0) is 34.0. The second-order valence-electron chi connectivity index (χ2n) is 13.2. The zero-order valence-electron chi connectivity index (χ0n) is 29.8. The van der Waals surface area contributed by atoms with E-state index in [1.807, 2.05) is 37.4 Å². The van der Waals surface area contributed by atoms with E-state index in [9.17, 15) is 4.79 Å². The van der Waals surface area contributed by atoms with Gasteiger partial charge in [0.15, 0.2) is 5.60 Å². The van der Waals surface area contributed by atoms with Crippen LogP contribution in [0.3, 0.4) is 0 Å². The molecule has 3 aromatic carbocycles. The Labute approximate surface area is 282 Å². The molecule has 254 valence electrons. The number of nitrogens with one attached hydrogen (secondary N) is 1. The van der Waals surface area contributed by atoms with Crippen molar-refractivity contribution in [1.82, 2.24) is 14.7 Å². The Morgan fingerprint density at radius 2 is 1.45 bits per heavy atom. The maximum Gasteiger partial charge on any atom is 0.340 e. The molecular formula is C39H55N5O3. The lowest BCUT2D eigenvalue weighted by atomic mass is 9.81. The average Bonchev–Trinajstić information content (AvgIpc) is 3.06.